The molecular weight excluding hydrogens is 639 g/mol. The molecule has 3 atom stereocenters. The number of halogens is 2. The third-order valence-electron chi connectivity index (χ3n) is 8.18. The van der Waals surface area contributed by atoms with Crippen molar-refractivity contribution >= 4 is 41.0 Å². The predicted octanol–water partition coefficient (Wildman–Crippen LogP) is 5.70. The summed E-state index contributed by atoms with van der Waals surface area (Å²) in [6, 6.07) is 20.9. The van der Waals surface area contributed by atoms with Crippen LogP contribution < -0.4 is 10.1 Å². The van der Waals surface area contributed by atoms with Crippen molar-refractivity contribution in [2.24, 2.45) is 4.99 Å². The molecule has 0 saturated carbocycles. The van der Waals surface area contributed by atoms with Crippen LogP contribution in [0, 0.1) is 11.3 Å². The summed E-state index contributed by atoms with van der Waals surface area (Å²) in [6.45, 7) is 6.72. The van der Waals surface area contributed by atoms with Crippen LogP contribution in [0.4, 0.5) is 4.79 Å². The fraction of sp³-hybridized carbons (Fsp3) is 0.371. The summed E-state index contributed by atoms with van der Waals surface area (Å²) in [7, 11) is 1.60. The van der Waals surface area contributed by atoms with E-state index in [2.05, 4.69) is 11.4 Å². The summed E-state index contributed by atoms with van der Waals surface area (Å²) >= 11 is 12.6. The first-order valence-corrected chi connectivity index (χ1v) is 16.3. The Kier molecular flexibility index (Phi) is 11.4. The molecule has 2 heterocycles. The number of hydrogen-bond acceptors (Lipinski definition) is 7. The van der Waals surface area contributed by atoms with E-state index in [0.29, 0.717) is 72.2 Å². The van der Waals surface area contributed by atoms with Crippen molar-refractivity contribution in [3.8, 4) is 11.8 Å². The highest BCUT2D eigenvalue weighted by Crippen LogP contribution is 2.45. The SMILES string of the molecule is CCOc1cc(C#N)ccc1C1=N[C@@H](c2ccc(Cl)cc2)[C@@H](c2ccc(Cl)cc2)N1C(=O)N1CCN(CC(=O)NC(C)COC)CC1. The molecule has 12 heteroatoms. The van der Waals surface area contributed by atoms with E-state index in [0.717, 1.165) is 11.1 Å². The minimum Gasteiger partial charge on any atom is -0.493 e. The lowest BCUT2D eigenvalue weighted by Crippen LogP contribution is -2.55. The number of aliphatic imine (C=N–C) groups is 1. The van der Waals surface area contributed by atoms with Gasteiger partial charge < -0.3 is 19.7 Å². The summed E-state index contributed by atoms with van der Waals surface area (Å²) in [4.78, 5) is 38.1. The van der Waals surface area contributed by atoms with Gasteiger partial charge in [-0.05, 0) is 67.4 Å². The molecule has 0 aliphatic carbocycles. The van der Waals surface area contributed by atoms with Crippen LogP contribution in [0.3, 0.4) is 0 Å². The van der Waals surface area contributed by atoms with Gasteiger partial charge in [0.25, 0.3) is 0 Å². The molecular formula is C35H38Cl2N6O4. The van der Waals surface area contributed by atoms with Crippen LogP contribution in [0.5, 0.6) is 5.75 Å². The first kappa shape index (κ1) is 34.2. The number of carbonyl (C=O) groups is 2. The molecule has 47 heavy (non-hydrogen) atoms. The maximum absolute atomic E-state index is 14.7. The minimum absolute atomic E-state index is 0.0823. The fourth-order valence-electron chi connectivity index (χ4n) is 5.97. The number of amidine groups is 1. The number of ether oxygens (including phenoxy) is 2. The smallest absolute Gasteiger partial charge is 0.326 e. The van der Waals surface area contributed by atoms with E-state index in [1.807, 2.05) is 55.1 Å². The highest BCUT2D eigenvalue weighted by Gasteiger charge is 2.45. The van der Waals surface area contributed by atoms with E-state index in [1.165, 1.54) is 0 Å². The molecule has 2 aliphatic heterocycles. The Labute approximate surface area is 285 Å². The average molecular weight is 678 g/mol. The van der Waals surface area contributed by atoms with Gasteiger partial charge in [0.05, 0.1) is 43.0 Å². The molecule has 1 saturated heterocycles. The monoisotopic (exact) mass is 676 g/mol. The quantitative estimate of drug-likeness (QED) is 0.295. The minimum atomic E-state index is -0.521. The van der Waals surface area contributed by atoms with Gasteiger partial charge in [0.1, 0.15) is 17.6 Å². The molecule has 3 aromatic carbocycles. The van der Waals surface area contributed by atoms with Gasteiger partial charge in [0.15, 0.2) is 0 Å². The van der Waals surface area contributed by atoms with Gasteiger partial charge in [-0.2, -0.15) is 5.26 Å². The molecule has 0 aromatic heterocycles. The lowest BCUT2D eigenvalue weighted by atomic mass is 9.93. The second-order valence-electron chi connectivity index (χ2n) is 11.5. The summed E-state index contributed by atoms with van der Waals surface area (Å²) in [5.74, 6) is 0.825. The predicted molar refractivity (Wildman–Crippen MR) is 182 cm³/mol. The molecule has 10 nitrogen and oxygen atoms in total. The molecule has 0 radical (unpaired) electrons. The fourth-order valence-corrected chi connectivity index (χ4v) is 6.22. The van der Waals surface area contributed by atoms with Gasteiger partial charge in [-0.15, -0.1) is 0 Å². The molecule has 1 fully saturated rings. The largest absolute Gasteiger partial charge is 0.493 e. The van der Waals surface area contributed by atoms with Crippen molar-refractivity contribution in [2.45, 2.75) is 32.0 Å². The summed E-state index contributed by atoms with van der Waals surface area (Å²) in [5.41, 5.74) is 2.78. The second-order valence-corrected chi connectivity index (χ2v) is 12.4. The molecule has 246 valence electrons. The zero-order valence-corrected chi connectivity index (χ0v) is 28.2. The van der Waals surface area contributed by atoms with Crippen LogP contribution in [-0.2, 0) is 9.53 Å². The van der Waals surface area contributed by atoms with Gasteiger partial charge in [-0.3, -0.25) is 19.6 Å². The average Bonchev–Trinajstić information content (AvgIpc) is 3.46. The molecule has 3 aromatic rings. The Morgan fingerprint density at radius 2 is 1.64 bits per heavy atom. The van der Waals surface area contributed by atoms with E-state index in [9.17, 15) is 14.9 Å². The number of piperazine rings is 1. The third-order valence-corrected chi connectivity index (χ3v) is 8.69. The van der Waals surface area contributed by atoms with E-state index in [1.54, 1.807) is 47.2 Å². The van der Waals surface area contributed by atoms with Crippen molar-refractivity contribution in [1.29, 1.82) is 5.26 Å². The number of rotatable bonds is 10. The van der Waals surface area contributed by atoms with Crippen molar-refractivity contribution < 1.29 is 19.1 Å². The molecule has 1 N–H and O–H groups in total. The van der Waals surface area contributed by atoms with Crippen LogP contribution in [0.25, 0.3) is 0 Å². The van der Waals surface area contributed by atoms with Crippen molar-refractivity contribution in [2.75, 3.05) is 53.0 Å². The zero-order chi connectivity index (χ0) is 33.5. The van der Waals surface area contributed by atoms with Crippen LogP contribution in [0.15, 0.2) is 71.7 Å². The summed E-state index contributed by atoms with van der Waals surface area (Å²) < 4.78 is 11.1. The van der Waals surface area contributed by atoms with Gasteiger partial charge in [-0.25, -0.2) is 4.79 Å². The van der Waals surface area contributed by atoms with Crippen molar-refractivity contribution in [3.05, 3.63) is 99.0 Å². The van der Waals surface area contributed by atoms with Crippen molar-refractivity contribution in [1.82, 2.24) is 20.0 Å². The Hall–Kier alpha value is -4.14. The van der Waals surface area contributed by atoms with Crippen LogP contribution in [-0.4, -0.2) is 91.6 Å². The van der Waals surface area contributed by atoms with Crippen LogP contribution >= 0.6 is 23.2 Å². The van der Waals surface area contributed by atoms with Gasteiger partial charge in [0.2, 0.25) is 5.91 Å². The Bertz CT molecular complexity index is 1640. The number of hydrogen-bond donors (Lipinski definition) is 1. The van der Waals surface area contributed by atoms with E-state index < -0.39 is 12.1 Å². The van der Waals surface area contributed by atoms with Crippen LogP contribution in [0.2, 0.25) is 10.0 Å². The number of nitriles is 1. The highest BCUT2D eigenvalue weighted by atomic mass is 35.5. The molecule has 5 rings (SSSR count). The number of carbonyl (C=O) groups excluding carboxylic acids is 2. The molecule has 0 bridgehead atoms. The lowest BCUT2D eigenvalue weighted by Gasteiger charge is -2.39. The Morgan fingerprint density at radius 1 is 1.00 bits per heavy atom. The number of nitrogens with zero attached hydrogens (tertiary/aromatic N) is 5. The zero-order valence-electron chi connectivity index (χ0n) is 26.7. The van der Waals surface area contributed by atoms with Gasteiger partial charge in [0, 0.05) is 49.4 Å². The number of urea groups is 1. The van der Waals surface area contributed by atoms with Crippen molar-refractivity contribution in [3.63, 3.8) is 0 Å². The number of benzene rings is 3. The van der Waals surface area contributed by atoms with Crippen LogP contribution in [0.1, 0.15) is 48.2 Å². The standard InChI is InChI=1S/C35H38Cl2N6O4/c1-4-47-30-19-24(20-38)5-14-29(30)34-40-32(25-6-10-27(36)11-7-25)33(26-8-12-28(37)13-9-26)43(34)35(45)42-17-15-41(16-18-42)21-31(44)39-23(2)22-46-3/h5-14,19,23,32-33H,4,15-18,21-22H2,1-3H3,(H,39,44)/t23?,32-,33+/m0/s1. The van der Waals surface area contributed by atoms with Gasteiger partial charge >= 0.3 is 6.03 Å². The molecule has 2 aliphatic rings. The van der Waals surface area contributed by atoms with Gasteiger partial charge in [-0.1, -0.05) is 47.5 Å². The number of methoxy groups -OCH3 is 1. The lowest BCUT2D eigenvalue weighted by molar-refractivity contribution is -0.123. The van der Waals surface area contributed by atoms with E-state index in [4.69, 9.17) is 37.7 Å². The topological polar surface area (TPSA) is 110 Å². The summed E-state index contributed by atoms with van der Waals surface area (Å²) in [5, 5.41) is 13.7. The highest BCUT2D eigenvalue weighted by molar-refractivity contribution is 6.30. The molecule has 1 unspecified atom stereocenters. The second kappa shape index (κ2) is 15.6. The normalized spacial score (nSPS) is 18.8. The first-order valence-electron chi connectivity index (χ1n) is 15.6. The first-order chi connectivity index (χ1) is 22.7. The third kappa shape index (κ3) is 8.06. The summed E-state index contributed by atoms with van der Waals surface area (Å²) in [6.07, 6.45) is 0. The maximum Gasteiger partial charge on any atom is 0.326 e. The Morgan fingerprint density at radius 3 is 2.23 bits per heavy atom. The number of nitrogens with one attached hydrogen (secondary N) is 1. The Balaban J connectivity index is 1.51. The van der Waals surface area contributed by atoms with E-state index >= 15 is 0 Å². The number of amides is 3. The molecule has 0 spiro atoms. The van der Waals surface area contributed by atoms with E-state index in [-0.39, 0.29) is 24.5 Å². The maximum atomic E-state index is 14.7. The molecule has 3 amide bonds.